The highest BCUT2D eigenvalue weighted by Crippen LogP contribution is 2.23. The van der Waals surface area contributed by atoms with Crippen LogP contribution in [0.2, 0.25) is 0 Å². The van der Waals surface area contributed by atoms with Crippen LogP contribution in [-0.4, -0.2) is 44.7 Å². The number of hydrogen-bond acceptors (Lipinski definition) is 4. The third kappa shape index (κ3) is 3.13. The van der Waals surface area contributed by atoms with E-state index in [0.717, 1.165) is 0 Å². The van der Waals surface area contributed by atoms with Crippen molar-refractivity contribution in [2.45, 2.75) is 13.0 Å². The summed E-state index contributed by atoms with van der Waals surface area (Å²) < 4.78 is 10.2. The number of carbonyl (C=O) groups excluding carboxylic acids is 1. The van der Waals surface area contributed by atoms with E-state index in [-0.39, 0.29) is 11.9 Å². The number of nitrogens with two attached hydrogens (primary N) is 1. The zero-order valence-electron chi connectivity index (χ0n) is 11.3. The van der Waals surface area contributed by atoms with Crippen LogP contribution in [0.3, 0.4) is 0 Å². The summed E-state index contributed by atoms with van der Waals surface area (Å²) in [4.78, 5) is 13.9. The Morgan fingerprint density at radius 3 is 2.67 bits per heavy atom. The minimum atomic E-state index is -0.114. The maximum absolute atomic E-state index is 12.3. The van der Waals surface area contributed by atoms with E-state index in [1.54, 1.807) is 37.3 Å². The summed E-state index contributed by atoms with van der Waals surface area (Å²) in [5.41, 5.74) is 6.73. The number of benzene rings is 1. The van der Waals surface area contributed by atoms with Crippen molar-refractivity contribution in [2.75, 3.05) is 33.6 Å². The molecule has 1 unspecified atom stereocenters. The third-order valence-corrected chi connectivity index (χ3v) is 2.85. The van der Waals surface area contributed by atoms with Gasteiger partial charge < -0.3 is 20.1 Å². The van der Waals surface area contributed by atoms with Gasteiger partial charge in [-0.1, -0.05) is 0 Å². The molecule has 0 aliphatic carbocycles. The van der Waals surface area contributed by atoms with Crippen LogP contribution in [0.25, 0.3) is 0 Å². The molecule has 0 radical (unpaired) electrons. The van der Waals surface area contributed by atoms with Crippen LogP contribution in [0, 0.1) is 0 Å². The molecular weight excluding hydrogens is 232 g/mol. The van der Waals surface area contributed by atoms with Crippen molar-refractivity contribution in [1.29, 1.82) is 0 Å². The molecule has 5 nitrogen and oxygen atoms in total. The van der Waals surface area contributed by atoms with Gasteiger partial charge in [0, 0.05) is 25.9 Å². The topological polar surface area (TPSA) is 64.8 Å². The van der Waals surface area contributed by atoms with E-state index in [4.69, 9.17) is 15.2 Å². The Morgan fingerprint density at radius 1 is 1.44 bits per heavy atom. The molecule has 18 heavy (non-hydrogen) atoms. The average Bonchev–Trinajstić information content (AvgIpc) is 2.37. The third-order valence-electron chi connectivity index (χ3n) is 2.85. The predicted molar refractivity (Wildman–Crippen MR) is 70.8 cm³/mol. The minimum absolute atomic E-state index is 0.00948. The molecule has 0 heterocycles. The van der Waals surface area contributed by atoms with Gasteiger partial charge in [0.15, 0.2) is 0 Å². The Balaban J connectivity index is 2.96. The number of ether oxygens (including phenoxy) is 2. The molecule has 0 saturated carbocycles. The lowest BCUT2D eigenvalue weighted by atomic mass is 10.1. The molecule has 1 aromatic rings. The van der Waals surface area contributed by atoms with E-state index in [1.807, 2.05) is 6.92 Å². The molecule has 0 saturated heterocycles. The highest BCUT2D eigenvalue weighted by atomic mass is 16.5. The molecule has 0 fully saturated rings. The van der Waals surface area contributed by atoms with E-state index in [9.17, 15) is 4.79 Å². The van der Waals surface area contributed by atoms with Crippen molar-refractivity contribution in [1.82, 2.24) is 4.90 Å². The van der Waals surface area contributed by atoms with Crippen LogP contribution in [0.1, 0.15) is 17.3 Å². The van der Waals surface area contributed by atoms with Crippen molar-refractivity contribution < 1.29 is 14.3 Å². The van der Waals surface area contributed by atoms with Crippen LogP contribution in [0.4, 0.5) is 5.69 Å². The molecule has 0 aromatic heterocycles. The number of likely N-dealkylation sites (N-methyl/N-ethyl adjacent to an activating group) is 1. The molecule has 2 N–H and O–H groups in total. The highest BCUT2D eigenvalue weighted by Gasteiger charge is 2.20. The number of rotatable bonds is 5. The quantitative estimate of drug-likeness (QED) is 0.804. The van der Waals surface area contributed by atoms with Gasteiger partial charge in [-0.2, -0.15) is 0 Å². The molecule has 1 amide bonds. The molecule has 0 aliphatic heterocycles. The summed E-state index contributed by atoms with van der Waals surface area (Å²) in [5.74, 6) is 0.368. The first-order chi connectivity index (χ1) is 8.51. The Labute approximate surface area is 107 Å². The molecule has 0 aliphatic rings. The van der Waals surface area contributed by atoms with Crippen molar-refractivity contribution in [3.05, 3.63) is 23.8 Å². The van der Waals surface area contributed by atoms with Gasteiger partial charge in [0.05, 0.1) is 25.3 Å². The monoisotopic (exact) mass is 252 g/mol. The standard InChI is InChI=1S/C13H20N2O3/c1-9(8-17-3)15(2)13(16)11-6-5-10(14)7-12(11)18-4/h5-7,9H,8,14H2,1-4H3. The van der Waals surface area contributed by atoms with Crippen LogP contribution in [-0.2, 0) is 4.74 Å². The second kappa shape index (κ2) is 6.26. The molecule has 1 atom stereocenters. The summed E-state index contributed by atoms with van der Waals surface area (Å²) in [6, 6.07) is 4.99. The number of nitrogens with zero attached hydrogens (tertiary/aromatic N) is 1. The first-order valence-corrected chi connectivity index (χ1v) is 5.70. The van der Waals surface area contributed by atoms with E-state index < -0.39 is 0 Å². The van der Waals surface area contributed by atoms with E-state index >= 15 is 0 Å². The van der Waals surface area contributed by atoms with Gasteiger partial charge in [-0.3, -0.25) is 4.79 Å². The molecule has 100 valence electrons. The van der Waals surface area contributed by atoms with Gasteiger partial charge in [0.2, 0.25) is 0 Å². The number of nitrogen functional groups attached to an aromatic ring is 1. The van der Waals surface area contributed by atoms with Crippen LogP contribution in [0.5, 0.6) is 5.75 Å². The molecule has 0 bridgehead atoms. The summed E-state index contributed by atoms with van der Waals surface area (Å²) >= 11 is 0. The van der Waals surface area contributed by atoms with E-state index in [2.05, 4.69) is 0 Å². The molecule has 1 rings (SSSR count). The maximum atomic E-state index is 12.3. The van der Waals surface area contributed by atoms with Gasteiger partial charge in [0.1, 0.15) is 5.75 Å². The molecule has 0 spiro atoms. The lowest BCUT2D eigenvalue weighted by Crippen LogP contribution is -2.37. The largest absolute Gasteiger partial charge is 0.496 e. The zero-order valence-corrected chi connectivity index (χ0v) is 11.3. The van der Waals surface area contributed by atoms with Crippen molar-refractivity contribution in [3.63, 3.8) is 0 Å². The van der Waals surface area contributed by atoms with Crippen LogP contribution in [0.15, 0.2) is 18.2 Å². The summed E-state index contributed by atoms with van der Waals surface area (Å²) in [7, 11) is 4.87. The Hall–Kier alpha value is -1.75. The minimum Gasteiger partial charge on any atom is -0.496 e. The highest BCUT2D eigenvalue weighted by molar-refractivity contribution is 5.97. The van der Waals surface area contributed by atoms with Gasteiger partial charge in [-0.15, -0.1) is 0 Å². The number of carbonyl (C=O) groups is 1. The fraction of sp³-hybridized carbons (Fsp3) is 0.462. The average molecular weight is 252 g/mol. The first-order valence-electron chi connectivity index (χ1n) is 5.70. The lowest BCUT2D eigenvalue weighted by Gasteiger charge is -2.25. The number of hydrogen-bond donors (Lipinski definition) is 1. The summed E-state index contributed by atoms with van der Waals surface area (Å²) in [6.07, 6.45) is 0. The van der Waals surface area contributed by atoms with E-state index in [0.29, 0.717) is 23.6 Å². The fourth-order valence-corrected chi connectivity index (χ4v) is 1.63. The van der Waals surface area contributed by atoms with E-state index in [1.165, 1.54) is 7.11 Å². The summed E-state index contributed by atoms with van der Waals surface area (Å²) in [5, 5.41) is 0. The second-order valence-electron chi connectivity index (χ2n) is 4.18. The van der Waals surface area contributed by atoms with Crippen molar-refractivity contribution in [3.8, 4) is 5.75 Å². The Kier molecular flexibility index (Phi) is 4.97. The number of methoxy groups -OCH3 is 2. The predicted octanol–water partition coefficient (Wildman–Crippen LogP) is 1.38. The SMILES string of the molecule is COCC(C)N(C)C(=O)c1ccc(N)cc1OC. The van der Waals surface area contributed by atoms with Crippen LogP contribution >= 0.6 is 0 Å². The van der Waals surface area contributed by atoms with Crippen molar-refractivity contribution >= 4 is 11.6 Å². The van der Waals surface area contributed by atoms with Gasteiger partial charge in [0.25, 0.3) is 5.91 Å². The molecule has 5 heteroatoms. The van der Waals surface area contributed by atoms with Gasteiger partial charge >= 0.3 is 0 Å². The van der Waals surface area contributed by atoms with Gasteiger partial charge in [-0.05, 0) is 19.1 Å². The number of amides is 1. The van der Waals surface area contributed by atoms with Gasteiger partial charge in [-0.25, -0.2) is 0 Å². The first kappa shape index (κ1) is 14.3. The molecule has 1 aromatic carbocycles. The van der Waals surface area contributed by atoms with Crippen molar-refractivity contribution in [2.24, 2.45) is 0 Å². The summed E-state index contributed by atoms with van der Waals surface area (Å²) in [6.45, 7) is 2.41. The van der Waals surface area contributed by atoms with Crippen LogP contribution < -0.4 is 10.5 Å². The maximum Gasteiger partial charge on any atom is 0.257 e. The lowest BCUT2D eigenvalue weighted by molar-refractivity contribution is 0.0630. The molecular formula is C13H20N2O3. The smallest absolute Gasteiger partial charge is 0.257 e. The fourth-order valence-electron chi connectivity index (χ4n) is 1.63. The Morgan fingerprint density at radius 2 is 2.11 bits per heavy atom. The zero-order chi connectivity index (χ0) is 13.7. The normalized spacial score (nSPS) is 12.0. The Bertz CT molecular complexity index is 421. The number of anilines is 1. The second-order valence-corrected chi connectivity index (χ2v) is 4.18.